The predicted molar refractivity (Wildman–Crippen MR) is 96.9 cm³/mol. The van der Waals surface area contributed by atoms with E-state index in [0.29, 0.717) is 11.6 Å². The fraction of sp³-hybridized carbons (Fsp3) is 0.444. The molecule has 1 saturated heterocycles. The molecule has 1 aromatic heterocycles. The Kier molecular flexibility index (Phi) is 5.35. The number of carbonyl (C=O) groups is 1. The molecule has 7 heteroatoms. The summed E-state index contributed by atoms with van der Waals surface area (Å²) in [6, 6.07) is 9.61. The van der Waals surface area contributed by atoms with Crippen LogP contribution in [0.1, 0.15) is 16.1 Å². The number of aromatic nitrogens is 2. The fourth-order valence-corrected chi connectivity index (χ4v) is 2.96. The van der Waals surface area contributed by atoms with E-state index in [1.54, 1.807) is 24.9 Å². The van der Waals surface area contributed by atoms with Gasteiger partial charge in [-0.25, -0.2) is 4.68 Å². The number of piperazine rings is 1. The Balaban J connectivity index is 1.63. The smallest absolute Gasteiger partial charge is 0.276 e. The van der Waals surface area contributed by atoms with Crippen LogP contribution in [0.5, 0.6) is 5.88 Å². The van der Waals surface area contributed by atoms with E-state index in [9.17, 15) is 4.79 Å². The summed E-state index contributed by atoms with van der Waals surface area (Å²) in [5.74, 6) is 0.310. The number of nitrogens with zero attached hydrogens (tertiary/aromatic N) is 4. The van der Waals surface area contributed by atoms with Gasteiger partial charge >= 0.3 is 0 Å². The summed E-state index contributed by atoms with van der Waals surface area (Å²) < 4.78 is 6.69. The zero-order valence-electron chi connectivity index (χ0n) is 15.0. The highest BCUT2D eigenvalue weighted by atomic mass is 16.5. The van der Waals surface area contributed by atoms with E-state index in [0.717, 1.165) is 38.4 Å². The summed E-state index contributed by atoms with van der Waals surface area (Å²) in [4.78, 5) is 17.2. The summed E-state index contributed by atoms with van der Waals surface area (Å²) in [6.07, 6.45) is 0. The van der Waals surface area contributed by atoms with Crippen molar-refractivity contribution in [2.45, 2.75) is 6.54 Å². The number of anilines is 1. The number of ether oxygens (including phenoxy) is 1. The standard InChI is InChI=1S/C18H25N5O2/c1-21-7-9-23(10-8-21)13-14-5-4-6-15(11-14)19-18(24)16-12-17(25-3)22(2)20-16/h4-6,11-12H,7-10,13H2,1-3H3,(H,19,24). The molecule has 1 N–H and O–H groups in total. The van der Waals surface area contributed by atoms with Crippen LogP contribution < -0.4 is 10.1 Å². The van der Waals surface area contributed by atoms with Gasteiger partial charge in [-0.3, -0.25) is 9.69 Å². The lowest BCUT2D eigenvalue weighted by atomic mass is 10.1. The topological polar surface area (TPSA) is 62.6 Å². The molecule has 1 aliphatic rings. The molecule has 1 fully saturated rings. The van der Waals surface area contributed by atoms with E-state index in [-0.39, 0.29) is 5.91 Å². The summed E-state index contributed by atoms with van der Waals surface area (Å²) in [7, 11) is 5.45. The van der Waals surface area contributed by atoms with Gasteiger partial charge in [0.05, 0.1) is 7.11 Å². The summed E-state index contributed by atoms with van der Waals surface area (Å²) in [5, 5.41) is 7.08. The molecule has 2 aromatic rings. The average molecular weight is 343 g/mol. The monoisotopic (exact) mass is 343 g/mol. The number of hydrogen-bond acceptors (Lipinski definition) is 5. The minimum atomic E-state index is -0.240. The van der Waals surface area contributed by atoms with Crippen molar-refractivity contribution in [3.8, 4) is 5.88 Å². The number of amides is 1. The Bertz CT molecular complexity index is 735. The molecule has 134 valence electrons. The number of benzene rings is 1. The van der Waals surface area contributed by atoms with Crippen molar-refractivity contribution in [3.63, 3.8) is 0 Å². The van der Waals surface area contributed by atoms with Gasteiger partial charge in [0, 0.05) is 51.5 Å². The van der Waals surface area contributed by atoms with E-state index in [4.69, 9.17) is 4.74 Å². The maximum Gasteiger partial charge on any atom is 0.276 e. The van der Waals surface area contributed by atoms with Gasteiger partial charge in [0.15, 0.2) is 5.69 Å². The first-order valence-corrected chi connectivity index (χ1v) is 8.44. The largest absolute Gasteiger partial charge is 0.481 e. The zero-order valence-corrected chi connectivity index (χ0v) is 15.0. The summed E-state index contributed by atoms with van der Waals surface area (Å²) in [5.41, 5.74) is 2.31. The maximum absolute atomic E-state index is 12.4. The molecule has 3 rings (SSSR count). The van der Waals surface area contributed by atoms with Crippen LogP contribution in [0.25, 0.3) is 0 Å². The summed E-state index contributed by atoms with van der Waals surface area (Å²) in [6.45, 7) is 5.23. The summed E-state index contributed by atoms with van der Waals surface area (Å²) >= 11 is 0. The van der Waals surface area contributed by atoms with E-state index >= 15 is 0 Å². The average Bonchev–Trinajstić information content (AvgIpc) is 2.98. The van der Waals surface area contributed by atoms with Crippen LogP contribution in [0.3, 0.4) is 0 Å². The quantitative estimate of drug-likeness (QED) is 0.890. The van der Waals surface area contributed by atoms with E-state index in [2.05, 4.69) is 33.3 Å². The van der Waals surface area contributed by atoms with E-state index in [1.807, 2.05) is 18.2 Å². The van der Waals surface area contributed by atoms with Crippen molar-refractivity contribution in [1.29, 1.82) is 0 Å². The number of methoxy groups -OCH3 is 1. The van der Waals surface area contributed by atoms with Crippen molar-refractivity contribution in [2.75, 3.05) is 45.7 Å². The molecule has 2 heterocycles. The molecule has 0 saturated carbocycles. The lowest BCUT2D eigenvalue weighted by Crippen LogP contribution is -2.43. The first kappa shape index (κ1) is 17.4. The van der Waals surface area contributed by atoms with Crippen molar-refractivity contribution in [2.24, 2.45) is 7.05 Å². The molecule has 0 bridgehead atoms. The van der Waals surface area contributed by atoms with Crippen LogP contribution >= 0.6 is 0 Å². The van der Waals surface area contributed by atoms with E-state index < -0.39 is 0 Å². The molecule has 1 aliphatic heterocycles. The Labute approximate surface area is 148 Å². The molecule has 0 unspecified atom stereocenters. The Morgan fingerprint density at radius 2 is 1.96 bits per heavy atom. The Morgan fingerprint density at radius 1 is 1.20 bits per heavy atom. The lowest BCUT2D eigenvalue weighted by molar-refractivity contribution is 0.102. The molecule has 0 atom stereocenters. The van der Waals surface area contributed by atoms with Gasteiger partial charge in [-0.2, -0.15) is 5.10 Å². The maximum atomic E-state index is 12.4. The Hall–Kier alpha value is -2.38. The van der Waals surface area contributed by atoms with Crippen molar-refractivity contribution >= 4 is 11.6 Å². The van der Waals surface area contributed by atoms with E-state index in [1.165, 1.54) is 5.56 Å². The van der Waals surface area contributed by atoms with Gasteiger partial charge in [0.25, 0.3) is 5.91 Å². The highest BCUT2D eigenvalue weighted by Gasteiger charge is 2.15. The first-order chi connectivity index (χ1) is 12.0. The number of likely N-dealkylation sites (N-methyl/N-ethyl adjacent to an activating group) is 1. The van der Waals surface area contributed by atoms with Crippen molar-refractivity contribution < 1.29 is 9.53 Å². The second-order valence-corrected chi connectivity index (χ2v) is 6.43. The number of hydrogen-bond donors (Lipinski definition) is 1. The van der Waals surface area contributed by atoms with Crippen LogP contribution in [0, 0.1) is 0 Å². The van der Waals surface area contributed by atoms with Gasteiger partial charge in [0.1, 0.15) is 0 Å². The zero-order chi connectivity index (χ0) is 17.8. The molecule has 0 aliphatic carbocycles. The molecule has 7 nitrogen and oxygen atoms in total. The van der Waals surface area contributed by atoms with Crippen LogP contribution in [-0.2, 0) is 13.6 Å². The second kappa shape index (κ2) is 7.67. The molecule has 1 aromatic carbocycles. The highest BCUT2D eigenvalue weighted by molar-refractivity contribution is 6.03. The third-order valence-electron chi connectivity index (χ3n) is 4.47. The van der Waals surface area contributed by atoms with Crippen molar-refractivity contribution in [3.05, 3.63) is 41.6 Å². The Morgan fingerprint density at radius 3 is 2.64 bits per heavy atom. The van der Waals surface area contributed by atoms with Gasteiger partial charge in [0.2, 0.25) is 5.88 Å². The van der Waals surface area contributed by atoms with Crippen LogP contribution in [0.2, 0.25) is 0 Å². The van der Waals surface area contributed by atoms with Crippen LogP contribution in [0.4, 0.5) is 5.69 Å². The SMILES string of the molecule is COc1cc(C(=O)Nc2cccc(CN3CCN(C)CC3)c2)nn1C. The van der Waals surface area contributed by atoms with Crippen LogP contribution in [-0.4, -0.2) is 65.8 Å². The number of nitrogens with one attached hydrogen (secondary N) is 1. The molecule has 0 spiro atoms. The molecule has 25 heavy (non-hydrogen) atoms. The third-order valence-corrected chi connectivity index (χ3v) is 4.47. The van der Waals surface area contributed by atoms with Crippen LogP contribution in [0.15, 0.2) is 30.3 Å². The van der Waals surface area contributed by atoms with Gasteiger partial charge < -0.3 is 15.0 Å². The highest BCUT2D eigenvalue weighted by Crippen LogP contribution is 2.16. The molecular formula is C18H25N5O2. The molecule has 0 radical (unpaired) electrons. The fourth-order valence-electron chi connectivity index (χ4n) is 2.96. The number of carbonyl (C=O) groups excluding carboxylic acids is 1. The molecular weight excluding hydrogens is 318 g/mol. The number of aryl methyl sites for hydroxylation is 1. The predicted octanol–water partition coefficient (Wildman–Crippen LogP) is 1.43. The van der Waals surface area contributed by atoms with Gasteiger partial charge in [-0.1, -0.05) is 12.1 Å². The minimum Gasteiger partial charge on any atom is -0.481 e. The third kappa shape index (κ3) is 4.37. The number of rotatable bonds is 5. The second-order valence-electron chi connectivity index (χ2n) is 6.43. The van der Waals surface area contributed by atoms with Gasteiger partial charge in [-0.15, -0.1) is 0 Å². The minimum absolute atomic E-state index is 0.240. The van der Waals surface area contributed by atoms with Gasteiger partial charge in [-0.05, 0) is 24.7 Å². The normalized spacial score (nSPS) is 16.0. The first-order valence-electron chi connectivity index (χ1n) is 8.44. The lowest BCUT2D eigenvalue weighted by Gasteiger charge is -2.32. The van der Waals surface area contributed by atoms with Crippen molar-refractivity contribution in [1.82, 2.24) is 19.6 Å². The molecule has 1 amide bonds.